The van der Waals surface area contributed by atoms with Crippen molar-refractivity contribution in [3.8, 4) is 6.07 Å². The third-order valence-corrected chi connectivity index (χ3v) is 1.79. The predicted molar refractivity (Wildman–Crippen MR) is 59.6 cm³/mol. The number of hydrogen-bond donors (Lipinski definition) is 0. The van der Waals surface area contributed by atoms with Crippen LogP contribution < -0.4 is 0 Å². The summed E-state index contributed by atoms with van der Waals surface area (Å²) in [6.45, 7) is 5.73. The van der Waals surface area contributed by atoms with Gasteiger partial charge >= 0.3 is 0 Å². The minimum absolute atomic E-state index is 0.0150. The van der Waals surface area contributed by atoms with Crippen molar-refractivity contribution >= 4 is 5.71 Å². The fourth-order valence-electron chi connectivity index (χ4n) is 1.01. The number of rotatable bonds is 3. The summed E-state index contributed by atoms with van der Waals surface area (Å²) in [6, 6.07) is 9.63. The van der Waals surface area contributed by atoms with Crippen molar-refractivity contribution in [3.05, 3.63) is 35.4 Å². The Kier molecular flexibility index (Phi) is 3.87. The van der Waals surface area contributed by atoms with E-state index in [0.717, 1.165) is 11.1 Å². The quantitative estimate of drug-likeness (QED) is 0.558. The van der Waals surface area contributed by atoms with Crippen LogP contribution in [0.5, 0.6) is 0 Å². The summed E-state index contributed by atoms with van der Waals surface area (Å²) in [5.74, 6) is 0. The van der Waals surface area contributed by atoms with Crippen LogP contribution in [-0.4, -0.2) is 11.8 Å². The topological polar surface area (TPSA) is 45.4 Å². The molecule has 78 valence electrons. The molecule has 0 unspecified atom stereocenters. The number of nitrogens with zero attached hydrogens (tertiary/aromatic N) is 2. The lowest BCUT2D eigenvalue weighted by atomic mass is 10.1. The van der Waals surface area contributed by atoms with Gasteiger partial charge in [0, 0.05) is 5.56 Å². The summed E-state index contributed by atoms with van der Waals surface area (Å²) in [5, 5.41) is 12.7. The molecule has 15 heavy (non-hydrogen) atoms. The highest BCUT2D eigenvalue weighted by molar-refractivity contribution is 6.11. The molecule has 0 atom stereocenters. The summed E-state index contributed by atoms with van der Waals surface area (Å²) < 4.78 is 0. The summed E-state index contributed by atoms with van der Waals surface area (Å²) in [5.41, 5.74) is 2.24. The van der Waals surface area contributed by atoms with E-state index in [1.807, 2.05) is 51.1 Å². The van der Waals surface area contributed by atoms with Crippen molar-refractivity contribution in [1.82, 2.24) is 0 Å². The molecule has 1 rings (SSSR count). The molecule has 0 bridgehead atoms. The first-order valence-electron chi connectivity index (χ1n) is 4.84. The molecular formula is C12H14N2O. The second-order valence-corrected chi connectivity index (χ2v) is 3.57. The van der Waals surface area contributed by atoms with Crippen molar-refractivity contribution in [2.24, 2.45) is 5.16 Å². The lowest BCUT2D eigenvalue weighted by molar-refractivity contribution is 0.0865. The molecule has 0 spiro atoms. The number of hydrogen-bond acceptors (Lipinski definition) is 3. The number of aryl methyl sites for hydroxylation is 1. The van der Waals surface area contributed by atoms with Crippen LogP contribution in [0.1, 0.15) is 25.0 Å². The number of nitriles is 1. The largest absolute Gasteiger partial charge is 0.392 e. The maximum Gasteiger partial charge on any atom is 0.186 e. The van der Waals surface area contributed by atoms with E-state index in [-0.39, 0.29) is 6.10 Å². The van der Waals surface area contributed by atoms with Crippen LogP contribution >= 0.6 is 0 Å². The van der Waals surface area contributed by atoms with Gasteiger partial charge < -0.3 is 4.84 Å². The van der Waals surface area contributed by atoms with Crippen LogP contribution in [0.3, 0.4) is 0 Å². The second kappa shape index (κ2) is 5.16. The smallest absolute Gasteiger partial charge is 0.186 e. The van der Waals surface area contributed by atoms with E-state index in [4.69, 9.17) is 10.1 Å². The fraction of sp³-hybridized carbons (Fsp3) is 0.333. The maximum atomic E-state index is 8.90. The first-order chi connectivity index (χ1) is 7.13. The Balaban J connectivity index is 2.89. The highest BCUT2D eigenvalue weighted by Gasteiger charge is 2.03. The molecule has 0 amide bonds. The third-order valence-electron chi connectivity index (χ3n) is 1.79. The molecule has 3 nitrogen and oxygen atoms in total. The number of oxime groups is 1. The van der Waals surface area contributed by atoms with Crippen LogP contribution in [-0.2, 0) is 4.84 Å². The van der Waals surface area contributed by atoms with Crippen molar-refractivity contribution < 1.29 is 4.84 Å². The van der Waals surface area contributed by atoms with E-state index in [1.165, 1.54) is 0 Å². The summed E-state index contributed by atoms with van der Waals surface area (Å²) >= 11 is 0. The molecule has 3 heteroatoms. The molecule has 1 aromatic carbocycles. The van der Waals surface area contributed by atoms with E-state index in [1.54, 1.807) is 0 Å². The normalized spacial score (nSPS) is 11.3. The highest BCUT2D eigenvalue weighted by atomic mass is 16.6. The Morgan fingerprint density at radius 2 is 1.93 bits per heavy atom. The molecular weight excluding hydrogens is 188 g/mol. The Hall–Kier alpha value is -1.82. The average molecular weight is 202 g/mol. The van der Waals surface area contributed by atoms with Crippen LogP contribution in [0.4, 0.5) is 0 Å². The molecule has 0 aliphatic carbocycles. The van der Waals surface area contributed by atoms with Gasteiger partial charge in [-0.2, -0.15) is 5.26 Å². The maximum absolute atomic E-state index is 8.90. The van der Waals surface area contributed by atoms with E-state index in [2.05, 4.69) is 5.16 Å². The summed E-state index contributed by atoms with van der Waals surface area (Å²) in [6.07, 6.45) is -0.0150. The molecule has 0 aliphatic heterocycles. The minimum Gasteiger partial charge on any atom is -0.392 e. The zero-order valence-electron chi connectivity index (χ0n) is 9.19. The summed E-state index contributed by atoms with van der Waals surface area (Å²) in [4.78, 5) is 5.04. The lowest BCUT2D eigenvalue weighted by Crippen LogP contribution is -2.02. The van der Waals surface area contributed by atoms with E-state index in [9.17, 15) is 0 Å². The van der Waals surface area contributed by atoms with E-state index >= 15 is 0 Å². The minimum atomic E-state index is -0.0150. The van der Waals surface area contributed by atoms with Gasteiger partial charge in [0.25, 0.3) is 0 Å². The number of benzene rings is 1. The standard InChI is InChI=1S/C12H14N2O/c1-9(2)15-14-12(8-13)11-6-4-10(3)5-7-11/h4-7,9H,1-3H3/b14-12-. The molecule has 0 saturated carbocycles. The zero-order chi connectivity index (χ0) is 11.3. The van der Waals surface area contributed by atoms with Gasteiger partial charge in [-0.1, -0.05) is 35.0 Å². The van der Waals surface area contributed by atoms with Gasteiger partial charge in [-0.25, -0.2) is 0 Å². The van der Waals surface area contributed by atoms with Crippen molar-refractivity contribution in [1.29, 1.82) is 5.26 Å². The Morgan fingerprint density at radius 1 is 1.33 bits per heavy atom. The Morgan fingerprint density at radius 3 is 2.40 bits per heavy atom. The van der Waals surface area contributed by atoms with Crippen molar-refractivity contribution in [2.45, 2.75) is 26.9 Å². The Bertz CT molecular complexity index is 385. The Labute approximate surface area is 90.0 Å². The van der Waals surface area contributed by atoms with Gasteiger partial charge in [0.1, 0.15) is 12.2 Å². The molecule has 0 radical (unpaired) electrons. The molecule has 1 aromatic rings. The van der Waals surface area contributed by atoms with Crippen LogP contribution in [0, 0.1) is 18.3 Å². The zero-order valence-corrected chi connectivity index (χ0v) is 9.19. The van der Waals surface area contributed by atoms with Gasteiger partial charge in [0.05, 0.1) is 0 Å². The van der Waals surface area contributed by atoms with Gasteiger partial charge in [0.2, 0.25) is 0 Å². The molecule has 0 aromatic heterocycles. The second-order valence-electron chi connectivity index (χ2n) is 3.57. The van der Waals surface area contributed by atoms with Crippen LogP contribution in [0.2, 0.25) is 0 Å². The summed E-state index contributed by atoms with van der Waals surface area (Å²) in [7, 11) is 0. The van der Waals surface area contributed by atoms with Gasteiger partial charge in [-0.3, -0.25) is 0 Å². The first kappa shape index (κ1) is 11.3. The van der Waals surface area contributed by atoms with Crippen LogP contribution in [0.15, 0.2) is 29.4 Å². The molecule has 0 saturated heterocycles. The highest BCUT2D eigenvalue weighted by Crippen LogP contribution is 2.05. The average Bonchev–Trinajstić information content (AvgIpc) is 2.21. The molecule has 0 heterocycles. The van der Waals surface area contributed by atoms with Gasteiger partial charge in [-0.05, 0) is 20.8 Å². The van der Waals surface area contributed by atoms with Gasteiger partial charge in [-0.15, -0.1) is 0 Å². The van der Waals surface area contributed by atoms with Gasteiger partial charge in [0.15, 0.2) is 5.71 Å². The predicted octanol–water partition coefficient (Wildman–Crippen LogP) is 2.65. The van der Waals surface area contributed by atoms with Crippen LogP contribution in [0.25, 0.3) is 0 Å². The van der Waals surface area contributed by atoms with Crippen molar-refractivity contribution in [3.63, 3.8) is 0 Å². The fourth-order valence-corrected chi connectivity index (χ4v) is 1.01. The monoisotopic (exact) mass is 202 g/mol. The SMILES string of the molecule is Cc1ccc(/C(C#N)=N\OC(C)C)cc1. The molecule has 0 N–H and O–H groups in total. The van der Waals surface area contributed by atoms with Crippen molar-refractivity contribution in [2.75, 3.05) is 0 Å². The first-order valence-corrected chi connectivity index (χ1v) is 4.84. The van der Waals surface area contributed by atoms with E-state index < -0.39 is 0 Å². The third kappa shape index (κ3) is 3.43. The molecule has 0 aliphatic rings. The van der Waals surface area contributed by atoms with E-state index in [0.29, 0.717) is 5.71 Å². The lowest BCUT2D eigenvalue weighted by Gasteiger charge is -2.03. The molecule has 0 fully saturated rings.